The zero-order chi connectivity index (χ0) is 17.9. The van der Waals surface area contributed by atoms with Crippen LogP contribution >= 0.6 is 24.8 Å². The van der Waals surface area contributed by atoms with E-state index in [9.17, 15) is 4.79 Å². The number of hydrogen-bond donors (Lipinski definition) is 2. The van der Waals surface area contributed by atoms with Crippen molar-refractivity contribution in [1.82, 2.24) is 34.8 Å². The summed E-state index contributed by atoms with van der Waals surface area (Å²) in [4.78, 5) is 21.2. The molecule has 3 aromatic rings. The Morgan fingerprint density at radius 2 is 2.00 bits per heavy atom. The van der Waals surface area contributed by atoms with Crippen LogP contribution in [0.25, 0.3) is 5.82 Å². The Morgan fingerprint density at radius 1 is 1.21 bits per heavy atom. The van der Waals surface area contributed by atoms with Crippen LogP contribution in [0.2, 0.25) is 0 Å². The van der Waals surface area contributed by atoms with Gasteiger partial charge in [0, 0.05) is 18.6 Å². The average Bonchev–Trinajstić information content (AvgIpc) is 3.32. The number of halogens is 2. The van der Waals surface area contributed by atoms with E-state index in [2.05, 4.69) is 30.9 Å². The minimum atomic E-state index is -0.308. The number of imidazole rings is 1. The van der Waals surface area contributed by atoms with Crippen molar-refractivity contribution < 1.29 is 4.79 Å². The summed E-state index contributed by atoms with van der Waals surface area (Å²) >= 11 is 0. The lowest BCUT2D eigenvalue weighted by Crippen LogP contribution is -2.29. The molecule has 0 bridgehead atoms. The van der Waals surface area contributed by atoms with E-state index in [1.807, 2.05) is 11.5 Å². The molecule has 4 rings (SSSR count). The summed E-state index contributed by atoms with van der Waals surface area (Å²) < 4.78 is 3.61. The van der Waals surface area contributed by atoms with Crippen molar-refractivity contribution in [2.24, 2.45) is 0 Å². The van der Waals surface area contributed by atoms with Gasteiger partial charge in [0.25, 0.3) is 5.91 Å². The van der Waals surface area contributed by atoms with Gasteiger partial charge < -0.3 is 10.6 Å². The van der Waals surface area contributed by atoms with Crippen LogP contribution < -0.4 is 10.6 Å². The maximum Gasteiger partial charge on any atom is 0.277 e. The van der Waals surface area contributed by atoms with Gasteiger partial charge in [0.15, 0.2) is 11.5 Å². The first kappa shape index (κ1) is 21.8. The third kappa shape index (κ3) is 4.49. The average molecular weight is 425 g/mol. The molecule has 1 amide bonds. The number of aryl methyl sites for hydroxylation is 1. The second kappa shape index (κ2) is 9.63. The van der Waals surface area contributed by atoms with Crippen LogP contribution in [0.4, 0.5) is 5.69 Å². The number of piperidine rings is 1. The summed E-state index contributed by atoms with van der Waals surface area (Å²) in [6.07, 6.45) is 8.86. The Labute approximate surface area is 174 Å². The van der Waals surface area contributed by atoms with E-state index >= 15 is 0 Å². The predicted molar refractivity (Wildman–Crippen MR) is 110 cm³/mol. The van der Waals surface area contributed by atoms with Gasteiger partial charge in [0.1, 0.15) is 5.82 Å². The highest BCUT2D eigenvalue weighted by Crippen LogP contribution is 2.20. The van der Waals surface area contributed by atoms with E-state index in [4.69, 9.17) is 0 Å². The van der Waals surface area contributed by atoms with Gasteiger partial charge in [-0.3, -0.25) is 9.36 Å². The minimum Gasteiger partial charge on any atom is -0.317 e. The summed E-state index contributed by atoms with van der Waals surface area (Å²) in [5, 5.41) is 14.4. The first-order chi connectivity index (χ1) is 12.7. The molecule has 1 fully saturated rings. The Bertz CT molecular complexity index is 919. The predicted octanol–water partition coefficient (Wildman–Crippen LogP) is 2.19. The molecule has 0 radical (unpaired) electrons. The van der Waals surface area contributed by atoms with Gasteiger partial charge in [0.05, 0.1) is 17.9 Å². The molecule has 28 heavy (non-hydrogen) atoms. The summed E-state index contributed by atoms with van der Waals surface area (Å²) in [7, 11) is 0. The van der Waals surface area contributed by atoms with Crippen molar-refractivity contribution in [3.05, 3.63) is 48.4 Å². The van der Waals surface area contributed by atoms with Gasteiger partial charge in [-0.2, -0.15) is 0 Å². The van der Waals surface area contributed by atoms with E-state index in [1.54, 1.807) is 41.6 Å². The zero-order valence-corrected chi connectivity index (χ0v) is 16.9. The van der Waals surface area contributed by atoms with Crippen molar-refractivity contribution in [1.29, 1.82) is 0 Å². The van der Waals surface area contributed by atoms with Crippen LogP contribution in [-0.4, -0.2) is 48.5 Å². The quantitative estimate of drug-likeness (QED) is 0.665. The van der Waals surface area contributed by atoms with E-state index in [0.717, 1.165) is 31.8 Å². The Morgan fingerprint density at radius 3 is 2.71 bits per heavy atom. The first-order valence-corrected chi connectivity index (χ1v) is 8.61. The normalized spacial score (nSPS) is 14.0. The van der Waals surface area contributed by atoms with Crippen LogP contribution in [-0.2, 0) is 0 Å². The highest BCUT2D eigenvalue weighted by Gasteiger charge is 2.19. The van der Waals surface area contributed by atoms with Gasteiger partial charge >= 0.3 is 0 Å². The fraction of sp³-hybridized carbons (Fsp3) is 0.353. The van der Waals surface area contributed by atoms with Crippen LogP contribution in [0.1, 0.15) is 35.2 Å². The van der Waals surface area contributed by atoms with Crippen LogP contribution in [0, 0.1) is 6.92 Å². The molecular weight excluding hydrogens is 403 g/mol. The van der Waals surface area contributed by atoms with E-state index in [1.165, 1.54) is 0 Å². The van der Waals surface area contributed by atoms with Crippen molar-refractivity contribution in [2.75, 3.05) is 18.4 Å². The number of nitrogens with zero attached hydrogens (tertiary/aromatic N) is 6. The lowest BCUT2D eigenvalue weighted by atomic mass is 10.1. The van der Waals surface area contributed by atoms with E-state index < -0.39 is 0 Å². The van der Waals surface area contributed by atoms with Crippen molar-refractivity contribution in [3.63, 3.8) is 0 Å². The van der Waals surface area contributed by atoms with E-state index in [-0.39, 0.29) is 36.8 Å². The Balaban J connectivity index is 0.00000140. The monoisotopic (exact) mass is 424 g/mol. The minimum absolute atomic E-state index is 0. The fourth-order valence-corrected chi connectivity index (χ4v) is 3.11. The summed E-state index contributed by atoms with van der Waals surface area (Å²) in [6.45, 7) is 3.79. The van der Waals surface area contributed by atoms with Crippen molar-refractivity contribution in [3.8, 4) is 5.82 Å². The molecule has 3 aromatic heterocycles. The number of amides is 1. The number of rotatable bonds is 4. The summed E-state index contributed by atoms with van der Waals surface area (Å²) in [6, 6.07) is 3.86. The van der Waals surface area contributed by atoms with Crippen LogP contribution in [0.15, 0.2) is 36.9 Å². The van der Waals surface area contributed by atoms with Gasteiger partial charge in [-0.05, 0) is 45.0 Å². The highest BCUT2D eigenvalue weighted by molar-refractivity contribution is 6.03. The molecule has 0 aromatic carbocycles. The molecule has 9 nitrogen and oxygen atoms in total. The van der Waals surface area contributed by atoms with Gasteiger partial charge in [-0.25, -0.2) is 14.6 Å². The van der Waals surface area contributed by atoms with E-state index in [0.29, 0.717) is 17.2 Å². The Kier molecular flexibility index (Phi) is 7.50. The molecule has 1 aliphatic heterocycles. The lowest BCUT2D eigenvalue weighted by molar-refractivity contribution is 0.102. The second-order valence-electron chi connectivity index (χ2n) is 6.24. The number of carbonyl (C=O) groups excluding carboxylic acids is 1. The van der Waals surface area contributed by atoms with Crippen LogP contribution in [0.3, 0.4) is 0 Å². The molecule has 4 heterocycles. The molecular formula is C17H22Cl2N8O. The fourth-order valence-electron chi connectivity index (χ4n) is 3.11. The molecule has 1 aliphatic rings. The topological polar surface area (TPSA) is 103 Å². The van der Waals surface area contributed by atoms with Crippen molar-refractivity contribution >= 4 is 36.4 Å². The zero-order valence-electron chi connectivity index (χ0n) is 15.3. The largest absolute Gasteiger partial charge is 0.317 e. The molecule has 2 N–H and O–H groups in total. The second-order valence-corrected chi connectivity index (χ2v) is 6.24. The van der Waals surface area contributed by atoms with Gasteiger partial charge in [-0.15, -0.1) is 29.9 Å². The smallest absolute Gasteiger partial charge is 0.277 e. The lowest BCUT2D eigenvalue weighted by Gasteiger charge is -2.22. The summed E-state index contributed by atoms with van der Waals surface area (Å²) in [5.41, 5.74) is 0.885. The molecule has 0 atom stereocenters. The number of aromatic nitrogens is 6. The maximum absolute atomic E-state index is 12.6. The molecule has 150 valence electrons. The molecule has 0 spiro atoms. The summed E-state index contributed by atoms with van der Waals surface area (Å²) in [5.74, 6) is 1.09. The number of pyridine rings is 1. The SMILES string of the molecule is Cc1nccn1-c1ncccc1NC(=O)c1cn(C2CCNCC2)nn1.Cl.Cl. The van der Waals surface area contributed by atoms with Gasteiger partial charge in [0.2, 0.25) is 0 Å². The molecule has 11 heteroatoms. The van der Waals surface area contributed by atoms with Crippen LogP contribution in [0.5, 0.6) is 0 Å². The number of nitrogens with one attached hydrogen (secondary N) is 2. The molecule has 0 unspecified atom stereocenters. The number of carbonyl (C=O) groups is 1. The van der Waals surface area contributed by atoms with Gasteiger partial charge in [-0.1, -0.05) is 5.21 Å². The van der Waals surface area contributed by atoms with Crippen molar-refractivity contribution in [2.45, 2.75) is 25.8 Å². The molecule has 0 aliphatic carbocycles. The Hall–Kier alpha value is -2.49. The highest BCUT2D eigenvalue weighted by atomic mass is 35.5. The molecule has 1 saturated heterocycles. The number of anilines is 1. The first-order valence-electron chi connectivity index (χ1n) is 8.61. The third-order valence-electron chi connectivity index (χ3n) is 4.51. The molecule has 0 saturated carbocycles. The standard InChI is InChI=1S/C17H20N8O.2ClH/c1-12-19-9-10-24(12)16-14(3-2-6-20-16)21-17(26)15-11-25(23-22-15)13-4-7-18-8-5-13;;/h2-3,6,9-11,13,18H,4-5,7-8H2,1H3,(H,21,26);2*1H. The third-order valence-corrected chi connectivity index (χ3v) is 4.51. The number of hydrogen-bond acceptors (Lipinski definition) is 6. The maximum atomic E-state index is 12.6.